The maximum atomic E-state index is 14.3. The molecular formula is C28H30FN3O4. The number of hydrogen-bond acceptors (Lipinski definition) is 5. The largest absolute Gasteiger partial charge is 0.481 e. The van der Waals surface area contributed by atoms with Gasteiger partial charge in [-0.2, -0.15) is 0 Å². The van der Waals surface area contributed by atoms with Crippen LogP contribution in [-0.4, -0.2) is 36.7 Å². The average Bonchev–Trinajstić information content (AvgIpc) is 2.88. The third-order valence-electron chi connectivity index (χ3n) is 6.26. The molecule has 0 atom stereocenters. The molecule has 1 fully saturated rings. The van der Waals surface area contributed by atoms with Crippen LogP contribution in [0.5, 0.6) is 0 Å². The zero-order valence-corrected chi connectivity index (χ0v) is 19.9. The molecule has 0 spiro atoms. The number of aliphatic carboxylic acids is 1. The molecule has 36 heavy (non-hydrogen) atoms. The number of rotatable bonds is 9. The SMILES string of the molecule is NCc1cc(F)cc(-c2cc(NCC3CCOCC3)cc(C(=O)Nc3ccccc3CC(=O)O)c2)c1. The number of amides is 1. The van der Waals surface area contributed by atoms with Crippen LogP contribution in [0, 0.1) is 11.7 Å². The van der Waals surface area contributed by atoms with E-state index in [4.69, 9.17) is 10.5 Å². The van der Waals surface area contributed by atoms with Gasteiger partial charge in [0.1, 0.15) is 5.82 Å². The molecule has 0 saturated carbocycles. The molecular weight excluding hydrogens is 461 g/mol. The molecule has 1 aliphatic rings. The van der Waals surface area contributed by atoms with Gasteiger partial charge < -0.3 is 26.2 Å². The summed E-state index contributed by atoms with van der Waals surface area (Å²) in [5.74, 6) is -1.32. The smallest absolute Gasteiger partial charge is 0.307 e. The Labute approximate surface area is 209 Å². The Bertz CT molecular complexity index is 1240. The first-order valence-corrected chi connectivity index (χ1v) is 12.0. The number of carboxylic acid groups (broad SMARTS) is 1. The predicted molar refractivity (Wildman–Crippen MR) is 137 cm³/mol. The minimum atomic E-state index is -0.986. The van der Waals surface area contributed by atoms with Gasteiger partial charge in [0.25, 0.3) is 5.91 Å². The van der Waals surface area contributed by atoms with Crippen LogP contribution in [0.25, 0.3) is 11.1 Å². The lowest BCUT2D eigenvalue weighted by Crippen LogP contribution is -2.22. The highest BCUT2D eigenvalue weighted by Gasteiger charge is 2.16. The van der Waals surface area contributed by atoms with Crippen molar-refractivity contribution in [2.24, 2.45) is 11.7 Å². The Kier molecular flexibility index (Phi) is 8.30. The molecule has 4 rings (SSSR count). The van der Waals surface area contributed by atoms with E-state index in [9.17, 15) is 19.1 Å². The van der Waals surface area contributed by atoms with Crippen molar-refractivity contribution in [3.05, 3.63) is 83.2 Å². The maximum Gasteiger partial charge on any atom is 0.307 e. The molecule has 0 aliphatic carbocycles. The fourth-order valence-electron chi connectivity index (χ4n) is 4.33. The zero-order chi connectivity index (χ0) is 25.5. The number of carbonyl (C=O) groups excluding carboxylic acids is 1. The number of carbonyl (C=O) groups is 2. The second-order valence-electron chi connectivity index (χ2n) is 8.97. The second-order valence-corrected chi connectivity index (χ2v) is 8.97. The molecule has 1 amide bonds. The van der Waals surface area contributed by atoms with Crippen molar-refractivity contribution < 1.29 is 23.8 Å². The quantitative estimate of drug-likeness (QED) is 0.346. The van der Waals surface area contributed by atoms with Crippen LogP contribution in [-0.2, 0) is 22.5 Å². The van der Waals surface area contributed by atoms with Gasteiger partial charge in [0, 0.05) is 43.2 Å². The van der Waals surface area contributed by atoms with E-state index >= 15 is 0 Å². The number of benzene rings is 3. The van der Waals surface area contributed by atoms with E-state index in [1.165, 1.54) is 12.1 Å². The number of para-hydroxylation sites is 1. The standard InChI is InChI=1S/C28H30FN3O4/c29-24-10-19(16-30)9-21(12-24)22-11-23(14-25(13-22)31-17-18-5-7-36-8-6-18)28(35)32-26-4-2-1-3-20(26)15-27(33)34/h1-4,9-14,18,31H,5-8,15-17,30H2,(H,32,35)(H,33,34). The summed E-state index contributed by atoms with van der Waals surface area (Å²) in [5.41, 5.74) is 9.73. The molecule has 3 aromatic rings. The van der Waals surface area contributed by atoms with Crippen LogP contribution in [0.3, 0.4) is 0 Å². The molecule has 1 aliphatic heterocycles. The van der Waals surface area contributed by atoms with Crippen molar-refractivity contribution in [3.63, 3.8) is 0 Å². The first kappa shape index (κ1) is 25.3. The van der Waals surface area contributed by atoms with Gasteiger partial charge in [-0.3, -0.25) is 9.59 Å². The summed E-state index contributed by atoms with van der Waals surface area (Å²) in [7, 11) is 0. The monoisotopic (exact) mass is 491 g/mol. The topological polar surface area (TPSA) is 114 Å². The first-order chi connectivity index (χ1) is 17.4. The normalized spacial score (nSPS) is 13.8. The van der Waals surface area contributed by atoms with Gasteiger partial charge in [-0.1, -0.05) is 18.2 Å². The van der Waals surface area contributed by atoms with E-state index in [1.807, 2.05) is 12.1 Å². The van der Waals surface area contributed by atoms with E-state index in [-0.39, 0.29) is 18.9 Å². The molecule has 5 N–H and O–H groups in total. The molecule has 188 valence electrons. The van der Waals surface area contributed by atoms with Crippen LogP contribution < -0.4 is 16.4 Å². The molecule has 7 nitrogen and oxygen atoms in total. The molecule has 0 radical (unpaired) electrons. The van der Waals surface area contributed by atoms with Gasteiger partial charge in [0.05, 0.1) is 6.42 Å². The first-order valence-electron chi connectivity index (χ1n) is 12.0. The van der Waals surface area contributed by atoms with Gasteiger partial charge in [-0.15, -0.1) is 0 Å². The van der Waals surface area contributed by atoms with Crippen LogP contribution in [0.15, 0.2) is 60.7 Å². The molecule has 0 aromatic heterocycles. The van der Waals surface area contributed by atoms with Gasteiger partial charge in [0.15, 0.2) is 0 Å². The summed E-state index contributed by atoms with van der Waals surface area (Å²) in [6.45, 7) is 2.40. The van der Waals surface area contributed by atoms with Gasteiger partial charge in [-0.05, 0) is 83.5 Å². The van der Waals surface area contributed by atoms with Crippen LogP contribution in [0.2, 0.25) is 0 Å². The summed E-state index contributed by atoms with van der Waals surface area (Å²) in [5, 5.41) is 15.5. The Hall–Kier alpha value is -3.75. The highest BCUT2D eigenvalue weighted by atomic mass is 19.1. The van der Waals surface area contributed by atoms with E-state index in [0.717, 1.165) is 38.3 Å². The summed E-state index contributed by atoms with van der Waals surface area (Å²) in [6, 6.07) is 16.8. The van der Waals surface area contributed by atoms with Crippen LogP contribution in [0.4, 0.5) is 15.8 Å². The van der Waals surface area contributed by atoms with Crippen molar-refractivity contribution in [2.75, 3.05) is 30.4 Å². The Morgan fingerprint density at radius 1 is 1.03 bits per heavy atom. The molecule has 1 saturated heterocycles. The van der Waals surface area contributed by atoms with E-state index in [1.54, 1.807) is 36.4 Å². The number of hydrogen-bond donors (Lipinski definition) is 4. The summed E-state index contributed by atoms with van der Waals surface area (Å²) in [4.78, 5) is 24.5. The lowest BCUT2D eigenvalue weighted by atomic mass is 9.98. The minimum absolute atomic E-state index is 0.195. The van der Waals surface area contributed by atoms with Crippen molar-refractivity contribution in [1.29, 1.82) is 0 Å². The lowest BCUT2D eigenvalue weighted by molar-refractivity contribution is -0.136. The molecule has 3 aromatic carbocycles. The fraction of sp³-hybridized carbons (Fsp3) is 0.286. The lowest BCUT2D eigenvalue weighted by Gasteiger charge is -2.23. The summed E-state index contributed by atoms with van der Waals surface area (Å²) >= 11 is 0. The van der Waals surface area contributed by atoms with Gasteiger partial charge >= 0.3 is 5.97 Å². The predicted octanol–water partition coefficient (Wildman–Crippen LogP) is 4.67. The van der Waals surface area contributed by atoms with E-state index < -0.39 is 11.8 Å². The van der Waals surface area contributed by atoms with Crippen molar-refractivity contribution in [3.8, 4) is 11.1 Å². The summed E-state index contributed by atoms with van der Waals surface area (Å²) < 4.78 is 19.7. The number of nitrogens with one attached hydrogen (secondary N) is 2. The molecule has 8 heteroatoms. The van der Waals surface area contributed by atoms with Crippen LogP contribution in [0.1, 0.15) is 34.3 Å². The molecule has 1 heterocycles. The Morgan fingerprint density at radius 3 is 2.53 bits per heavy atom. The van der Waals surface area contributed by atoms with Gasteiger partial charge in [-0.25, -0.2) is 4.39 Å². The number of halogens is 1. The Morgan fingerprint density at radius 2 is 1.78 bits per heavy atom. The highest BCUT2D eigenvalue weighted by molar-refractivity contribution is 6.06. The van der Waals surface area contributed by atoms with E-state index in [0.29, 0.717) is 39.4 Å². The molecule has 0 unspecified atom stereocenters. The number of anilines is 2. The zero-order valence-electron chi connectivity index (χ0n) is 19.9. The second kappa shape index (κ2) is 11.8. The Balaban J connectivity index is 1.65. The molecule has 0 bridgehead atoms. The van der Waals surface area contributed by atoms with Crippen LogP contribution >= 0.6 is 0 Å². The third kappa shape index (κ3) is 6.68. The van der Waals surface area contributed by atoms with E-state index in [2.05, 4.69) is 10.6 Å². The third-order valence-corrected chi connectivity index (χ3v) is 6.26. The van der Waals surface area contributed by atoms with Crippen molar-refractivity contribution in [1.82, 2.24) is 0 Å². The highest BCUT2D eigenvalue weighted by Crippen LogP contribution is 2.28. The number of ether oxygens (including phenoxy) is 1. The maximum absolute atomic E-state index is 14.3. The van der Waals surface area contributed by atoms with Gasteiger partial charge in [0.2, 0.25) is 0 Å². The average molecular weight is 492 g/mol. The summed E-state index contributed by atoms with van der Waals surface area (Å²) in [6.07, 6.45) is 1.72. The van der Waals surface area contributed by atoms with Crippen molar-refractivity contribution >= 4 is 23.3 Å². The fourth-order valence-corrected chi connectivity index (χ4v) is 4.33. The number of carboxylic acids is 1. The van der Waals surface area contributed by atoms with Crippen molar-refractivity contribution in [2.45, 2.75) is 25.8 Å². The minimum Gasteiger partial charge on any atom is -0.481 e. The number of nitrogens with two attached hydrogens (primary N) is 1.